The number of anilines is 1. The molecule has 4 atom stereocenters. The molecule has 1 aromatic rings. The Morgan fingerprint density at radius 3 is 2.41 bits per heavy atom. The third kappa shape index (κ3) is 2.73. The van der Waals surface area contributed by atoms with Crippen LogP contribution < -0.4 is 5.32 Å². The second-order valence-electron chi connectivity index (χ2n) is 6.12. The van der Waals surface area contributed by atoms with Crippen molar-refractivity contribution in [3.63, 3.8) is 0 Å². The van der Waals surface area contributed by atoms with Crippen molar-refractivity contribution >= 4 is 17.6 Å². The molecule has 0 spiro atoms. The zero-order valence-electron chi connectivity index (χ0n) is 12.6. The lowest BCUT2D eigenvalue weighted by molar-refractivity contribution is -0.147. The predicted octanol–water partition coefficient (Wildman–Crippen LogP) is 2.46. The van der Waals surface area contributed by atoms with Gasteiger partial charge in [-0.1, -0.05) is 25.5 Å². The van der Waals surface area contributed by atoms with E-state index in [1.54, 1.807) is 0 Å². The van der Waals surface area contributed by atoms with E-state index in [0.29, 0.717) is 5.69 Å². The molecule has 0 aliphatic carbocycles. The molecule has 2 aliphatic heterocycles. The first-order valence-electron chi connectivity index (χ1n) is 7.88. The van der Waals surface area contributed by atoms with Gasteiger partial charge in [0.2, 0.25) is 5.91 Å². The summed E-state index contributed by atoms with van der Waals surface area (Å²) in [4.78, 5) is 23.9. The van der Waals surface area contributed by atoms with Crippen molar-refractivity contribution in [2.45, 2.75) is 44.8 Å². The minimum absolute atomic E-state index is 0.247. The molecule has 5 heteroatoms. The Labute approximate surface area is 129 Å². The van der Waals surface area contributed by atoms with Crippen LogP contribution in [0.1, 0.15) is 31.7 Å². The molecule has 2 bridgehead atoms. The monoisotopic (exact) mass is 303 g/mol. The Morgan fingerprint density at radius 1 is 1.18 bits per heavy atom. The Bertz CT molecular complexity index is 569. The highest BCUT2D eigenvalue weighted by atomic mass is 16.5. The number of rotatable bonds is 5. The van der Waals surface area contributed by atoms with Gasteiger partial charge in [0, 0.05) is 5.69 Å². The molecule has 0 radical (unpaired) electrons. The lowest BCUT2D eigenvalue weighted by atomic mass is 9.78. The molecule has 1 amide bonds. The topological polar surface area (TPSA) is 75.6 Å². The van der Waals surface area contributed by atoms with E-state index in [4.69, 9.17) is 4.74 Å². The molecule has 0 unspecified atom stereocenters. The molecule has 3 rings (SSSR count). The number of carbonyl (C=O) groups excluding carboxylic acids is 1. The van der Waals surface area contributed by atoms with Crippen LogP contribution in [0.25, 0.3) is 0 Å². The predicted molar refractivity (Wildman–Crippen MR) is 81.6 cm³/mol. The van der Waals surface area contributed by atoms with E-state index in [1.807, 2.05) is 24.3 Å². The van der Waals surface area contributed by atoms with Crippen molar-refractivity contribution in [3.05, 3.63) is 29.8 Å². The van der Waals surface area contributed by atoms with Crippen LogP contribution >= 0.6 is 0 Å². The highest BCUT2D eigenvalue weighted by Gasteiger charge is 2.55. The SMILES string of the molecule is CCCc1ccc(NC(=O)[C@@H]2[C@@H](C(=O)O)[C@@H]3CC[C@H]2O3)cc1. The molecule has 1 aromatic carbocycles. The summed E-state index contributed by atoms with van der Waals surface area (Å²) in [5, 5.41) is 12.2. The zero-order valence-corrected chi connectivity index (χ0v) is 12.6. The van der Waals surface area contributed by atoms with Gasteiger partial charge < -0.3 is 15.2 Å². The largest absolute Gasteiger partial charge is 0.481 e. The number of nitrogens with one attached hydrogen (secondary N) is 1. The lowest BCUT2D eigenvalue weighted by Gasteiger charge is -2.23. The number of benzene rings is 1. The molecule has 2 aliphatic rings. The zero-order chi connectivity index (χ0) is 15.7. The minimum atomic E-state index is -0.939. The second-order valence-corrected chi connectivity index (χ2v) is 6.12. The number of carboxylic acid groups (broad SMARTS) is 1. The standard InChI is InChI=1S/C17H21NO4/c1-2-3-10-4-6-11(7-5-10)18-16(19)14-12-8-9-13(22-12)15(14)17(20)21/h4-7,12-15H,2-3,8-9H2,1H3,(H,18,19)(H,20,21)/t12-,13+,14+,15+/m1/s1. The lowest BCUT2D eigenvalue weighted by Crippen LogP contribution is -2.40. The summed E-state index contributed by atoms with van der Waals surface area (Å²) in [6, 6.07) is 7.72. The highest BCUT2D eigenvalue weighted by Crippen LogP contribution is 2.44. The highest BCUT2D eigenvalue weighted by molar-refractivity contribution is 5.96. The van der Waals surface area contributed by atoms with Gasteiger partial charge in [0.25, 0.3) is 0 Å². The summed E-state index contributed by atoms with van der Waals surface area (Å²) in [6.07, 6.45) is 3.01. The molecule has 22 heavy (non-hydrogen) atoms. The average Bonchev–Trinajstić information content (AvgIpc) is 3.10. The Balaban J connectivity index is 1.69. The van der Waals surface area contributed by atoms with E-state index in [9.17, 15) is 14.7 Å². The number of carbonyl (C=O) groups is 2. The number of hydrogen-bond acceptors (Lipinski definition) is 3. The van der Waals surface area contributed by atoms with Gasteiger partial charge in [-0.05, 0) is 37.0 Å². The van der Waals surface area contributed by atoms with Gasteiger partial charge in [0.05, 0.1) is 24.0 Å². The van der Waals surface area contributed by atoms with Crippen molar-refractivity contribution in [1.29, 1.82) is 0 Å². The van der Waals surface area contributed by atoms with Crippen LogP contribution in [0.3, 0.4) is 0 Å². The molecule has 2 saturated heterocycles. The average molecular weight is 303 g/mol. The number of aryl methyl sites for hydroxylation is 1. The van der Waals surface area contributed by atoms with Gasteiger partial charge in [-0.2, -0.15) is 0 Å². The summed E-state index contributed by atoms with van der Waals surface area (Å²) < 4.78 is 5.63. The first-order valence-corrected chi connectivity index (χ1v) is 7.88. The normalized spacial score (nSPS) is 29.5. The third-order valence-corrected chi connectivity index (χ3v) is 4.62. The van der Waals surface area contributed by atoms with Crippen LogP contribution in [0.4, 0.5) is 5.69 Å². The van der Waals surface area contributed by atoms with E-state index < -0.39 is 17.8 Å². The Morgan fingerprint density at radius 2 is 1.82 bits per heavy atom. The quantitative estimate of drug-likeness (QED) is 0.876. The number of aliphatic carboxylic acids is 1. The van der Waals surface area contributed by atoms with E-state index in [1.165, 1.54) is 5.56 Å². The van der Waals surface area contributed by atoms with Gasteiger partial charge >= 0.3 is 5.97 Å². The number of ether oxygens (including phenoxy) is 1. The molecule has 2 N–H and O–H groups in total. The summed E-state index contributed by atoms with van der Waals surface area (Å²) in [7, 11) is 0. The Kier molecular flexibility index (Phi) is 4.16. The van der Waals surface area contributed by atoms with E-state index in [-0.39, 0.29) is 18.1 Å². The van der Waals surface area contributed by atoms with Crippen molar-refractivity contribution in [2.75, 3.05) is 5.32 Å². The van der Waals surface area contributed by atoms with Crippen LogP contribution in [0.15, 0.2) is 24.3 Å². The summed E-state index contributed by atoms with van der Waals surface area (Å²) >= 11 is 0. The van der Waals surface area contributed by atoms with Gasteiger partial charge in [0.1, 0.15) is 0 Å². The molecular weight excluding hydrogens is 282 g/mol. The first kappa shape index (κ1) is 15.0. The third-order valence-electron chi connectivity index (χ3n) is 4.62. The summed E-state index contributed by atoms with van der Waals surface area (Å²) in [6.45, 7) is 2.12. The molecule has 2 heterocycles. The minimum Gasteiger partial charge on any atom is -0.481 e. The van der Waals surface area contributed by atoms with Gasteiger partial charge in [-0.3, -0.25) is 9.59 Å². The van der Waals surface area contributed by atoms with Crippen LogP contribution in [0, 0.1) is 11.8 Å². The second kappa shape index (κ2) is 6.08. The summed E-state index contributed by atoms with van der Waals surface area (Å²) in [5.41, 5.74) is 1.93. The fraction of sp³-hybridized carbons (Fsp3) is 0.529. The van der Waals surface area contributed by atoms with E-state index in [0.717, 1.165) is 25.7 Å². The number of hydrogen-bond donors (Lipinski definition) is 2. The van der Waals surface area contributed by atoms with Crippen LogP contribution in [-0.2, 0) is 20.7 Å². The maximum absolute atomic E-state index is 12.5. The van der Waals surface area contributed by atoms with E-state index in [2.05, 4.69) is 12.2 Å². The maximum Gasteiger partial charge on any atom is 0.310 e. The Hall–Kier alpha value is -1.88. The smallest absolute Gasteiger partial charge is 0.310 e. The maximum atomic E-state index is 12.5. The number of amides is 1. The fourth-order valence-electron chi connectivity index (χ4n) is 3.59. The van der Waals surface area contributed by atoms with Crippen molar-refractivity contribution in [2.24, 2.45) is 11.8 Å². The van der Waals surface area contributed by atoms with Crippen LogP contribution in [0.2, 0.25) is 0 Å². The van der Waals surface area contributed by atoms with Gasteiger partial charge in [-0.15, -0.1) is 0 Å². The van der Waals surface area contributed by atoms with Crippen LogP contribution in [0.5, 0.6) is 0 Å². The van der Waals surface area contributed by atoms with Crippen molar-refractivity contribution in [1.82, 2.24) is 0 Å². The van der Waals surface area contributed by atoms with E-state index >= 15 is 0 Å². The molecular formula is C17H21NO4. The van der Waals surface area contributed by atoms with Gasteiger partial charge in [0.15, 0.2) is 0 Å². The number of carboxylic acids is 1. The van der Waals surface area contributed by atoms with Gasteiger partial charge in [-0.25, -0.2) is 0 Å². The molecule has 0 aromatic heterocycles. The van der Waals surface area contributed by atoms with Crippen molar-refractivity contribution in [3.8, 4) is 0 Å². The molecule has 118 valence electrons. The molecule has 2 fully saturated rings. The fourth-order valence-corrected chi connectivity index (χ4v) is 3.59. The first-order chi connectivity index (χ1) is 10.6. The van der Waals surface area contributed by atoms with Crippen LogP contribution in [-0.4, -0.2) is 29.2 Å². The molecule has 5 nitrogen and oxygen atoms in total. The summed E-state index contributed by atoms with van der Waals surface area (Å²) in [5.74, 6) is -2.50. The number of fused-ring (bicyclic) bond motifs is 2. The van der Waals surface area contributed by atoms with Crippen molar-refractivity contribution < 1.29 is 19.4 Å². The molecule has 0 saturated carbocycles.